The topological polar surface area (TPSA) is 64.4 Å². The van der Waals surface area contributed by atoms with Crippen LogP contribution in [0.2, 0.25) is 0 Å². The zero-order valence-corrected chi connectivity index (χ0v) is 10.00. The first-order valence-electron chi connectivity index (χ1n) is 6.29. The van der Waals surface area contributed by atoms with Crippen molar-refractivity contribution in [1.29, 1.82) is 0 Å². The van der Waals surface area contributed by atoms with Gasteiger partial charge in [0, 0.05) is 12.6 Å². The molecule has 1 saturated heterocycles. The largest absolute Gasteiger partial charge is 0.379 e. The lowest BCUT2D eigenvalue weighted by atomic mass is 9.95. The molecule has 1 heterocycles. The summed E-state index contributed by atoms with van der Waals surface area (Å²) in [5.74, 6) is 0.597. The minimum absolute atomic E-state index is 0.0376. The first-order chi connectivity index (χ1) is 7.62. The van der Waals surface area contributed by atoms with Crippen molar-refractivity contribution in [3.05, 3.63) is 0 Å². The van der Waals surface area contributed by atoms with Gasteiger partial charge >= 0.3 is 0 Å². The van der Waals surface area contributed by atoms with Crippen LogP contribution < -0.4 is 11.1 Å². The van der Waals surface area contributed by atoms with E-state index in [1.807, 2.05) is 0 Å². The van der Waals surface area contributed by atoms with E-state index in [0.717, 1.165) is 0 Å². The van der Waals surface area contributed by atoms with E-state index in [-0.39, 0.29) is 11.9 Å². The van der Waals surface area contributed by atoms with Gasteiger partial charge in [-0.15, -0.1) is 0 Å². The summed E-state index contributed by atoms with van der Waals surface area (Å²) in [6, 6.07) is 0.246. The Hall–Kier alpha value is -0.610. The van der Waals surface area contributed by atoms with Gasteiger partial charge in [-0.3, -0.25) is 4.79 Å². The first-order valence-corrected chi connectivity index (χ1v) is 6.29. The van der Waals surface area contributed by atoms with E-state index < -0.39 is 5.54 Å². The highest BCUT2D eigenvalue weighted by Crippen LogP contribution is 2.28. The average molecular weight is 226 g/mol. The molecular formula is C12H22N2O2. The van der Waals surface area contributed by atoms with Crippen LogP contribution in [0.3, 0.4) is 0 Å². The van der Waals surface area contributed by atoms with Crippen LogP contribution in [-0.4, -0.2) is 30.7 Å². The Kier molecular flexibility index (Phi) is 3.50. The lowest BCUT2D eigenvalue weighted by Gasteiger charge is -2.26. The normalized spacial score (nSPS) is 32.9. The molecule has 92 valence electrons. The van der Waals surface area contributed by atoms with Crippen molar-refractivity contribution in [2.24, 2.45) is 11.7 Å². The summed E-state index contributed by atoms with van der Waals surface area (Å²) < 4.78 is 5.20. The third-order valence-corrected chi connectivity index (χ3v) is 3.97. The highest BCUT2D eigenvalue weighted by atomic mass is 16.5. The van der Waals surface area contributed by atoms with Crippen molar-refractivity contribution in [3.63, 3.8) is 0 Å². The number of rotatable bonds is 3. The molecular weight excluding hydrogens is 204 g/mol. The molecule has 1 amide bonds. The Morgan fingerprint density at radius 1 is 1.50 bits per heavy atom. The second kappa shape index (κ2) is 4.72. The predicted molar refractivity (Wildman–Crippen MR) is 61.9 cm³/mol. The minimum atomic E-state index is -0.785. The fraction of sp³-hybridized carbons (Fsp3) is 0.917. The van der Waals surface area contributed by atoms with E-state index in [0.29, 0.717) is 25.6 Å². The summed E-state index contributed by atoms with van der Waals surface area (Å²) in [5, 5.41) is 3.06. The average Bonchev–Trinajstić information content (AvgIpc) is 2.88. The third kappa shape index (κ3) is 2.38. The van der Waals surface area contributed by atoms with Gasteiger partial charge in [0.1, 0.15) is 5.54 Å². The SMILES string of the molecule is C[C@@H](NC(=O)C1(N)CCOC1)C1CCCC1. The van der Waals surface area contributed by atoms with E-state index >= 15 is 0 Å². The quantitative estimate of drug-likeness (QED) is 0.748. The summed E-state index contributed by atoms with van der Waals surface area (Å²) in [6.07, 6.45) is 5.69. The van der Waals surface area contributed by atoms with Gasteiger partial charge in [-0.05, 0) is 32.1 Å². The molecule has 0 bridgehead atoms. The van der Waals surface area contributed by atoms with Crippen LogP contribution in [0.5, 0.6) is 0 Å². The van der Waals surface area contributed by atoms with E-state index in [9.17, 15) is 4.79 Å². The third-order valence-electron chi connectivity index (χ3n) is 3.97. The van der Waals surface area contributed by atoms with Gasteiger partial charge in [0.05, 0.1) is 6.61 Å². The van der Waals surface area contributed by atoms with Crippen molar-refractivity contribution in [2.45, 2.75) is 50.6 Å². The number of carbonyl (C=O) groups excluding carboxylic acids is 1. The summed E-state index contributed by atoms with van der Waals surface area (Å²) >= 11 is 0. The van der Waals surface area contributed by atoms with Crippen molar-refractivity contribution < 1.29 is 9.53 Å². The number of nitrogens with one attached hydrogen (secondary N) is 1. The van der Waals surface area contributed by atoms with Gasteiger partial charge in [0.15, 0.2) is 0 Å². The van der Waals surface area contributed by atoms with Gasteiger partial charge in [0.2, 0.25) is 5.91 Å². The molecule has 0 aromatic rings. The molecule has 16 heavy (non-hydrogen) atoms. The van der Waals surface area contributed by atoms with Crippen LogP contribution in [0.25, 0.3) is 0 Å². The molecule has 0 spiro atoms. The maximum atomic E-state index is 12.0. The Morgan fingerprint density at radius 3 is 2.75 bits per heavy atom. The molecule has 0 radical (unpaired) electrons. The van der Waals surface area contributed by atoms with Gasteiger partial charge in [0.25, 0.3) is 0 Å². The van der Waals surface area contributed by atoms with Gasteiger partial charge in [-0.25, -0.2) is 0 Å². The highest BCUT2D eigenvalue weighted by molar-refractivity contribution is 5.86. The number of amides is 1. The van der Waals surface area contributed by atoms with Crippen molar-refractivity contribution in [2.75, 3.05) is 13.2 Å². The fourth-order valence-electron chi connectivity index (χ4n) is 2.69. The second-order valence-electron chi connectivity index (χ2n) is 5.27. The maximum absolute atomic E-state index is 12.0. The molecule has 0 aromatic heterocycles. The molecule has 3 N–H and O–H groups in total. The molecule has 2 atom stereocenters. The number of carbonyl (C=O) groups is 1. The summed E-state index contributed by atoms with van der Waals surface area (Å²) in [5.41, 5.74) is 5.23. The van der Waals surface area contributed by atoms with Crippen LogP contribution >= 0.6 is 0 Å². The van der Waals surface area contributed by atoms with Gasteiger partial charge < -0.3 is 15.8 Å². The smallest absolute Gasteiger partial charge is 0.242 e. The molecule has 4 nitrogen and oxygen atoms in total. The Balaban J connectivity index is 1.86. The number of ether oxygens (including phenoxy) is 1. The number of hydrogen-bond donors (Lipinski definition) is 2. The van der Waals surface area contributed by atoms with Crippen molar-refractivity contribution in [1.82, 2.24) is 5.32 Å². The molecule has 2 rings (SSSR count). The van der Waals surface area contributed by atoms with Crippen LogP contribution in [0, 0.1) is 5.92 Å². The van der Waals surface area contributed by atoms with Crippen LogP contribution in [0.15, 0.2) is 0 Å². The molecule has 0 aromatic carbocycles. The summed E-state index contributed by atoms with van der Waals surface area (Å²) in [4.78, 5) is 12.0. The Labute approximate surface area is 96.9 Å². The minimum Gasteiger partial charge on any atom is -0.379 e. The molecule has 2 fully saturated rings. The molecule has 1 saturated carbocycles. The Morgan fingerprint density at radius 2 is 2.19 bits per heavy atom. The van der Waals surface area contributed by atoms with Crippen molar-refractivity contribution in [3.8, 4) is 0 Å². The summed E-state index contributed by atoms with van der Waals surface area (Å²) in [7, 11) is 0. The first kappa shape index (κ1) is 11.9. The lowest BCUT2D eigenvalue weighted by Crippen LogP contribution is -2.57. The lowest BCUT2D eigenvalue weighted by molar-refractivity contribution is -0.127. The molecule has 4 heteroatoms. The maximum Gasteiger partial charge on any atom is 0.242 e. The second-order valence-corrected chi connectivity index (χ2v) is 5.27. The Bertz CT molecular complexity index is 256. The number of hydrogen-bond acceptors (Lipinski definition) is 3. The zero-order valence-electron chi connectivity index (χ0n) is 10.00. The van der Waals surface area contributed by atoms with Gasteiger partial charge in [-0.2, -0.15) is 0 Å². The van der Waals surface area contributed by atoms with Gasteiger partial charge in [-0.1, -0.05) is 12.8 Å². The van der Waals surface area contributed by atoms with Crippen LogP contribution in [0.1, 0.15) is 39.0 Å². The van der Waals surface area contributed by atoms with Crippen molar-refractivity contribution >= 4 is 5.91 Å². The monoisotopic (exact) mass is 226 g/mol. The number of nitrogens with two attached hydrogens (primary N) is 1. The standard InChI is InChI=1S/C12H22N2O2/c1-9(10-4-2-3-5-10)14-11(15)12(13)6-7-16-8-12/h9-10H,2-8,13H2,1H3,(H,14,15)/t9-,12?/m1/s1. The fourth-order valence-corrected chi connectivity index (χ4v) is 2.69. The molecule has 1 unspecified atom stereocenters. The van der Waals surface area contributed by atoms with E-state index in [2.05, 4.69) is 12.2 Å². The molecule has 1 aliphatic carbocycles. The summed E-state index contributed by atoms with van der Waals surface area (Å²) in [6.45, 7) is 3.05. The highest BCUT2D eigenvalue weighted by Gasteiger charge is 2.39. The van der Waals surface area contributed by atoms with E-state index in [1.54, 1.807) is 0 Å². The predicted octanol–water partition coefficient (Wildman–Crippen LogP) is 0.799. The van der Waals surface area contributed by atoms with Crippen LogP contribution in [0.4, 0.5) is 0 Å². The molecule has 1 aliphatic heterocycles. The molecule has 2 aliphatic rings. The van der Waals surface area contributed by atoms with E-state index in [4.69, 9.17) is 10.5 Å². The van der Waals surface area contributed by atoms with Crippen LogP contribution in [-0.2, 0) is 9.53 Å². The van der Waals surface area contributed by atoms with E-state index in [1.165, 1.54) is 25.7 Å². The zero-order chi connectivity index (χ0) is 11.6.